The van der Waals surface area contributed by atoms with Crippen LogP contribution in [0.1, 0.15) is 46.0 Å². The fraction of sp³-hybridized carbons (Fsp3) is 1.00. The lowest BCUT2D eigenvalue weighted by molar-refractivity contribution is 0.704. The maximum absolute atomic E-state index is 2.45. The lowest BCUT2D eigenvalue weighted by Gasteiger charge is -2.09. The van der Waals surface area contributed by atoms with Crippen LogP contribution in [0.25, 0.3) is 0 Å². The predicted octanol–water partition coefficient (Wildman–Crippen LogP) is 4.09. The minimum Gasteiger partial charge on any atom is -0.110 e. The second-order valence-corrected chi connectivity index (χ2v) is 5.97. The van der Waals surface area contributed by atoms with E-state index in [0.717, 1.165) is 0 Å². The summed E-state index contributed by atoms with van der Waals surface area (Å²) in [5, 5.41) is 0. The van der Waals surface area contributed by atoms with Gasteiger partial charge >= 0.3 is 0 Å². The van der Waals surface area contributed by atoms with Gasteiger partial charge in [-0.15, -0.1) is 7.92 Å². The second-order valence-electron chi connectivity index (χ2n) is 3.36. The summed E-state index contributed by atoms with van der Waals surface area (Å²) >= 11 is 0. The Labute approximate surface area is 73.5 Å². The molecule has 0 aliphatic heterocycles. The molecule has 1 atom stereocenters. The van der Waals surface area contributed by atoms with Crippen LogP contribution in [0.4, 0.5) is 0 Å². The first-order chi connectivity index (χ1) is 5.31. The highest BCUT2D eigenvalue weighted by molar-refractivity contribution is 7.56. The van der Waals surface area contributed by atoms with E-state index in [1.807, 2.05) is 0 Å². The molecule has 0 aromatic rings. The van der Waals surface area contributed by atoms with E-state index < -0.39 is 0 Å². The van der Waals surface area contributed by atoms with Crippen LogP contribution in [0.3, 0.4) is 0 Å². The van der Waals surface area contributed by atoms with Crippen LogP contribution < -0.4 is 0 Å². The molecule has 0 nitrogen and oxygen atoms in total. The fourth-order valence-electron chi connectivity index (χ4n) is 1.30. The Morgan fingerprint density at radius 3 is 2.09 bits per heavy atom. The number of hydrogen-bond donors (Lipinski definition) is 0. The van der Waals surface area contributed by atoms with Crippen molar-refractivity contribution in [3.05, 3.63) is 0 Å². The van der Waals surface area contributed by atoms with Crippen LogP contribution in [-0.2, 0) is 0 Å². The van der Waals surface area contributed by atoms with Crippen LogP contribution in [0, 0.1) is 0 Å². The summed E-state index contributed by atoms with van der Waals surface area (Å²) in [5.74, 6) is 0. The summed E-state index contributed by atoms with van der Waals surface area (Å²) in [4.78, 5) is 0. The van der Waals surface area contributed by atoms with Gasteiger partial charge in [0, 0.05) is 0 Å². The molecule has 0 fully saturated rings. The fourth-order valence-corrected chi connectivity index (χ4v) is 3.05. The number of hydrogen-bond acceptors (Lipinski definition) is 0. The average molecular weight is 174 g/mol. The average Bonchev–Trinajstić information content (AvgIpc) is 1.99. The van der Waals surface area contributed by atoms with Gasteiger partial charge in [-0.25, -0.2) is 0 Å². The van der Waals surface area contributed by atoms with Crippen LogP contribution in [-0.4, -0.2) is 19.0 Å². The van der Waals surface area contributed by atoms with Gasteiger partial charge in [-0.1, -0.05) is 39.5 Å². The third-order valence-electron chi connectivity index (χ3n) is 2.00. The predicted molar refractivity (Wildman–Crippen MR) is 57.0 cm³/mol. The highest BCUT2D eigenvalue weighted by Gasteiger charge is 1.97. The van der Waals surface area contributed by atoms with Gasteiger partial charge in [-0.05, 0) is 25.4 Å². The van der Waals surface area contributed by atoms with E-state index in [4.69, 9.17) is 0 Å². The minimum atomic E-state index is 0.403. The molecule has 68 valence electrons. The van der Waals surface area contributed by atoms with Gasteiger partial charge in [-0.2, -0.15) is 0 Å². The Balaban J connectivity index is 2.97. The molecule has 0 radical (unpaired) electrons. The van der Waals surface area contributed by atoms with Gasteiger partial charge < -0.3 is 0 Å². The monoisotopic (exact) mass is 174 g/mol. The highest BCUT2D eigenvalue weighted by atomic mass is 31.1. The molecule has 11 heavy (non-hydrogen) atoms. The van der Waals surface area contributed by atoms with E-state index in [1.54, 1.807) is 0 Å². The van der Waals surface area contributed by atoms with Gasteiger partial charge in [0.2, 0.25) is 0 Å². The van der Waals surface area contributed by atoms with Crippen molar-refractivity contribution in [2.24, 2.45) is 0 Å². The molecular formula is C10H23P. The first-order valence-electron chi connectivity index (χ1n) is 4.99. The van der Waals surface area contributed by atoms with E-state index >= 15 is 0 Å². The van der Waals surface area contributed by atoms with Crippen LogP contribution in [0.2, 0.25) is 0 Å². The van der Waals surface area contributed by atoms with Gasteiger partial charge in [-0.3, -0.25) is 0 Å². The zero-order chi connectivity index (χ0) is 8.53. The van der Waals surface area contributed by atoms with Crippen LogP contribution in [0.15, 0.2) is 0 Å². The highest BCUT2D eigenvalue weighted by Crippen LogP contribution is 2.32. The van der Waals surface area contributed by atoms with Crippen LogP contribution >= 0.6 is 7.92 Å². The molecular weight excluding hydrogens is 151 g/mol. The molecule has 0 aromatic carbocycles. The molecule has 0 saturated carbocycles. The molecule has 0 aliphatic rings. The van der Waals surface area contributed by atoms with Gasteiger partial charge in [0.05, 0.1) is 0 Å². The molecule has 0 spiro atoms. The second kappa shape index (κ2) is 8.53. The van der Waals surface area contributed by atoms with E-state index in [1.165, 1.54) is 44.4 Å². The summed E-state index contributed by atoms with van der Waals surface area (Å²) in [6, 6.07) is 0. The summed E-state index contributed by atoms with van der Waals surface area (Å²) in [6.45, 7) is 7.02. The van der Waals surface area contributed by atoms with Crippen molar-refractivity contribution >= 4 is 7.92 Å². The van der Waals surface area contributed by atoms with Gasteiger partial charge in [0.25, 0.3) is 0 Å². The zero-order valence-corrected chi connectivity index (χ0v) is 9.29. The topological polar surface area (TPSA) is 0 Å². The van der Waals surface area contributed by atoms with Crippen molar-refractivity contribution in [1.82, 2.24) is 0 Å². The Bertz CT molecular complexity index is 71.3. The Hall–Kier alpha value is 0.430. The zero-order valence-electron chi connectivity index (χ0n) is 8.40. The molecule has 1 heteroatoms. The smallest absolute Gasteiger partial charge is 0.0328 e. The lowest BCUT2D eigenvalue weighted by Crippen LogP contribution is -1.87. The van der Waals surface area contributed by atoms with Crippen molar-refractivity contribution < 1.29 is 0 Å². The molecule has 1 unspecified atom stereocenters. The van der Waals surface area contributed by atoms with Crippen molar-refractivity contribution in [2.45, 2.75) is 46.0 Å². The third kappa shape index (κ3) is 8.34. The SMILES string of the molecule is CCCCCCP(C)CCC. The molecule has 0 aliphatic carbocycles. The lowest BCUT2D eigenvalue weighted by atomic mass is 10.2. The van der Waals surface area contributed by atoms with Crippen molar-refractivity contribution in [2.75, 3.05) is 19.0 Å². The molecule has 0 heterocycles. The third-order valence-corrected chi connectivity index (χ3v) is 4.29. The van der Waals surface area contributed by atoms with Gasteiger partial charge in [0.15, 0.2) is 0 Å². The standard InChI is InChI=1S/C10H23P/c1-4-6-7-8-10-11(3)9-5-2/h4-10H2,1-3H3. The Morgan fingerprint density at radius 2 is 1.55 bits per heavy atom. The van der Waals surface area contributed by atoms with Crippen molar-refractivity contribution in [3.63, 3.8) is 0 Å². The first kappa shape index (κ1) is 11.4. The minimum absolute atomic E-state index is 0.403. The molecule has 0 rings (SSSR count). The summed E-state index contributed by atoms with van der Waals surface area (Å²) in [7, 11) is 0.403. The summed E-state index contributed by atoms with van der Waals surface area (Å²) in [6.07, 6.45) is 10.1. The van der Waals surface area contributed by atoms with E-state index in [0.29, 0.717) is 7.92 Å². The van der Waals surface area contributed by atoms with Crippen molar-refractivity contribution in [1.29, 1.82) is 0 Å². The maximum Gasteiger partial charge on any atom is -0.0328 e. The number of unbranched alkanes of at least 4 members (excludes halogenated alkanes) is 3. The van der Waals surface area contributed by atoms with Crippen molar-refractivity contribution in [3.8, 4) is 0 Å². The Morgan fingerprint density at radius 1 is 0.818 bits per heavy atom. The summed E-state index contributed by atoms with van der Waals surface area (Å²) in [5.41, 5.74) is 0. The molecule has 0 saturated heterocycles. The Kier molecular flexibility index (Phi) is 8.86. The van der Waals surface area contributed by atoms with E-state index in [9.17, 15) is 0 Å². The quantitative estimate of drug-likeness (QED) is 0.403. The molecule has 0 bridgehead atoms. The molecule has 0 aromatic heterocycles. The largest absolute Gasteiger partial charge is 0.110 e. The van der Waals surface area contributed by atoms with E-state index in [-0.39, 0.29) is 0 Å². The van der Waals surface area contributed by atoms with E-state index in [2.05, 4.69) is 20.5 Å². The summed E-state index contributed by atoms with van der Waals surface area (Å²) < 4.78 is 0. The number of rotatable bonds is 7. The molecule has 0 N–H and O–H groups in total. The normalized spacial score (nSPS) is 13.4. The van der Waals surface area contributed by atoms with Gasteiger partial charge in [0.1, 0.15) is 0 Å². The van der Waals surface area contributed by atoms with Crippen LogP contribution in [0.5, 0.6) is 0 Å². The maximum atomic E-state index is 2.45. The molecule has 0 amide bonds. The first-order valence-corrected chi connectivity index (χ1v) is 7.15.